The molecule has 0 saturated carbocycles. The van der Waals surface area contributed by atoms with Crippen molar-refractivity contribution in [1.29, 1.82) is 0 Å². The van der Waals surface area contributed by atoms with Crippen molar-refractivity contribution in [2.75, 3.05) is 18.4 Å². The number of unbranched alkanes of at least 4 members (excludes halogenated alkanes) is 1. The van der Waals surface area contributed by atoms with Crippen LogP contribution in [0.25, 0.3) is 0 Å². The highest BCUT2D eigenvalue weighted by Gasteiger charge is 2.22. The van der Waals surface area contributed by atoms with E-state index in [0.29, 0.717) is 5.56 Å². The molecule has 5 nitrogen and oxygen atoms in total. The number of anilines is 1. The van der Waals surface area contributed by atoms with Crippen molar-refractivity contribution in [1.82, 2.24) is 5.32 Å². The summed E-state index contributed by atoms with van der Waals surface area (Å²) >= 11 is 0. The Hall–Kier alpha value is -2.53. The molecule has 0 bridgehead atoms. The molecular weight excluding hydrogens is 350 g/mol. The maximum absolute atomic E-state index is 11.4. The molecule has 1 unspecified atom stereocenters. The van der Waals surface area contributed by atoms with Crippen LogP contribution in [0.4, 0.5) is 5.69 Å². The number of para-hydroxylation sites is 1. The number of benzene rings is 2. The van der Waals surface area contributed by atoms with Gasteiger partial charge in [0.15, 0.2) is 5.75 Å². The molecular formula is C23H35N3O2. The van der Waals surface area contributed by atoms with E-state index < -0.39 is 5.91 Å². The lowest BCUT2D eigenvalue weighted by atomic mass is 10.00. The number of ether oxygens (including phenoxy) is 1. The summed E-state index contributed by atoms with van der Waals surface area (Å²) in [5, 5.41) is 6.80. The van der Waals surface area contributed by atoms with E-state index >= 15 is 0 Å². The van der Waals surface area contributed by atoms with Gasteiger partial charge < -0.3 is 21.1 Å². The summed E-state index contributed by atoms with van der Waals surface area (Å²) in [6, 6.07) is 13.5. The van der Waals surface area contributed by atoms with Crippen molar-refractivity contribution in [3.8, 4) is 11.5 Å². The Kier molecular flexibility index (Phi) is 7.31. The quantitative estimate of drug-likeness (QED) is 0.651. The lowest BCUT2D eigenvalue weighted by Crippen LogP contribution is -2.21. The number of rotatable bonds is 4. The van der Waals surface area contributed by atoms with Crippen LogP contribution in [0.3, 0.4) is 0 Å². The summed E-state index contributed by atoms with van der Waals surface area (Å²) < 4.78 is 6.03. The SMILES string of the molecule is C1CCNCC1.CCCCC1Nc2cc(C(N)=O)ccc2Oc2ccccc21.[HH].[HH]. The van der Waals surface area contributed by atoms with E-state index in [1.165, 1.54) is 32.4 Å². The van der Waals surface area contributed by atoms with Crippen LogP contribution in [0.1, 0.15) is 70.3 Å². The number of primary amides is 1. The number of carbonyl (C=O) groups excluding carboxylic acids is 1. The molecule has 0 spiro atoms. The monoisotopic (exact) mass is 385 g/mol. The minimum absolute atomic E-state index is 0. The molecule has 1 amide bonds. The zero-order chi connectivity index (χ0) is 19.8. The summed E-state index contributed by atoms with van der Waals surface area (Å²) in [6.07, 6.45) is 7.48. The first-order chi connectivity index (χ1) is 13.7. The minimum Gasteiger partial charge on any atom is -0.455 e. The molecule has 4 N–H and O–H groups in total. The van der Waals surface area contributed by atoms with Gasteiger partial charge in [-0.1, -0.05) is 44.4 Å². The van der Waals surface area contributed by atoms with E-state index in [2.05, 4.69) is 23.6 Å². The van der Waals surface area contributed by atoms with Crippen LogP contribution in [-0.4, -0.2) is 19.0 Å². The molecule has 2 aliphatic heterocycles. The van der Waals surface area contributed by atoms with Crippen LogP contribution in [-0.2, 0) is 0 Å². The van der Waals surface area contributed by atoms with Crippen molar-refractivity contribution in [3.05, 3.63) is 53.6 Å². The molecule has 0 aliphatic carbocycles. The summed E-state index contributed by atoms with van der Waals surface area (Å²) in [4.78, 5) is 11.4. The number of hydrogen-bond donors (Lipinski definition) is 3. The van der Waals surface area contributed by atoms with Crippen molar-refractivity contribution >= 4 is 11.6 Å². The van der Waals surface area contributed by atoms with Crippen LogP contribution in [0.2, 0.25) is 0 Å². The second-order valence-corrected chi connectivity index (χ2v) is 7.36. The fourth-order valence-corrected chi connectivity index (χ4v) is 3.57. The van der Waals surface area contributed by atoms with Crippen LogP contribution in [0.15, 0.2) is 42.5 Å². The summed E-state index contributed by atoms with van der Waals surface area (Å²) in [5.74, 6) is 1.15. The predicted octanol–water partition coefficient (Wildman–Crippen LogP) is 5.49. The topological polar surface area (TPSA) is 76.4 Å². The van der Waals surface area contributed by atoms with E-state index in [9.17, 15) is 4.79 Å². The third-order valence-electron chi connectivity index (χ3n) is 5.16. The highest BCUT2D eigenvalue weighted by molar-refractivity contribution is 5.94. The Morgan fingerprint density at radius 2 is 1.93 bits per heavy atom. The lowest BCUT2D eigenvalue weighted by Gasteiger charge is -2.18. The lowest BCUT2D eigenvalue weighted by molar-refractivity contribution is 0.100. The molecule has 2 aromatic carbocycles. The highest BCUT2D eigenvalue weighted by atomic mass is 16.5. The maximum Gasteiger partial charge on any atom is 0.248 e. The van der Waals surface area contributed by atoms with Gasteiger partial charge in [0, 0.05) is 14.0 Å². The first kappa shape index (κ1) is 20.2. The zero-order valence-corrected chi connectivity index (χ0v) is 16.7. The first-order valence-corrected chi connectivity index (χ1v) is 10.4. The third kappa shape index (κ3) is 5.26. The summed E-state index contributed by atoms with van der Waals surface area (Å²) in [7, 11) is 0. The number of piperidine rings is 1. The molecule has 1 atom stereocenters. The minimum atomic E-state index is -0.434. The summed E-state index contributed by atoms with van der Waals surface area (Å²) in [6.45, 7) is 4.68. The number of carbonyl (C=O) groups is 1. The van der Waals surface area contributed by atoms with Gasteiger partial charge >= 0.3 is 0 Å². The van der Waals surface area contributed by atoms with Gasteiger partial charge in [-0.25, -0.2) is 0 Å². The smallest absolute Gasteiger partial charge is 0.248 e. The Balaban J connectivity index is 0.000000487. The molecule has 2 aromatic rings. The average Bonchev–Trinajstić information content (AvgIpc) is 2.89. The van der Waals surface area contributed by atoms with Crippen LogP contribution >= 0.6 is 0 Å². The van der Waals surface area contributed by atoms with Gasteiger partial charge in [-0.15, -0.1) is 0 Å². The van der Waals surface area contributed by atoms with E-state index in [-0.39, 0.29) is 8.90 Å². The molecule has 0 aromatic heterocycles. The maximum atomic E-state index is 11.4. The molecule has 154 valence electrons. The Morgan fingerprint density at radius 1 is 1.14 bits per heavy atom. The fraction of sp³-hybridized carbons (Fsp3) is 0.435. The number of nitrogens with one attached hydrogen (secondary N) is 2. The first-order valence-electron chi connectivity index (χ1n) is 10.4. The Labute approximate surface area is 170 Å². The molecule has 1 saturated heterocycles. The summed E-state index contributed by atoms with van der Waals surface area (Å²) in [5.41, 5.74) is 7.82. The van der Waals surface area contributed by atoms with E-state index in [4.69, 9.17) is 10.5 Å². The number of nitrogens with two attached hydrogens (primary N) is 1. The highest BCUT2D eigenvalue weighted by Crippen LogP contribution is 2.41. The van der Waals surface area contributed by atoms with Crippen molar-refractivity contribution in [2.24, 2.45) is 5.73 Å². The van der Waals surface area contributed by atoms with E-state index in [0.717, 1.165) is 42.0 Å². The Morgan fingerprint density at radius 3 is 2.57 bits per heavy atom. The molecule has 1 fully saturated rings. The molecule has 4 rings (SSSR count). The fourth-order valence-electron chi connectivity index (χ4n) is 3.57. The molecule has 5 heteroatoms. The van der Waals surface area contributed by atoms with E-state index in [1.54, 1.807) is 18.2 Å². The van der Waals surface area contributed by atoms with Gasteiger partial charge in [0.05, 0.1) is 11.7 Å². The van der Waals surface area contributed by atoms with Gasteiger partial charge in [0.2, 0.25) is 5.91 Å². The van der Waals surface area contributed by atoms with Gasteiger partial charge in [0.1, 0.15) is 5.75 Å². The predicted molar refractivity (Wildman–Crippen MR) is 118 cm³/mol. The molecule has 28 heavy (non-hydrogen) atoms. The van der Waals surface area contributed by atoms with Crippen LogP contribution < -0.4 is 21.1 Å². The Bertz CT molecular complexity index is 786. The molecule has 2 heterocycles. The number of amides is 1. The van der Waals surface area contributed by atoms with Crippen molar-refractivity contribution in [2.45, 2.75) is 51.5 Å². The van der Waals surface area contributed by atoms with Gasteiger partial charge in [0.25, 0.3) is 0 Å². The molecule has 2 aliphatic rings. The van der Waals surface area contributed by atoms with Crippen LogP contribution in [0, 0.1) is 0 Å². The standard InChI is InChI=1S/C18H20N2O2.C5H11N.2H2/c1-2-3-7-14-13-6-4-5-8-16(13)22-17-10-9-12(18(19)21)11-15(17)20-14;1-2-4-6-5-3-1;;/h4-6,8-11,14,20H,2-3,7H2,1H3,(H2,19,21);6H,1-5H2;2*1H. The average molecular weight is 386 g/mol. The van der Waals surface area contributed by atoms with E-state index in [1.807, 2.05) is 18.2 Å². The number of fused-ring (bicyclic) bond motifs is 2. The van der Waals surface area contributed by atoms with Gasteiger partial charge in [-0.2, -0.15) is 0 Å². The van der Waals surface area contributed by atoms with Crippen molar-refractivity contribution in [3.63, 3.8) is 0 Å². The molecule has 0 radical (unpaired) electrons. The van der Waals surface area contributed by atoms with Gasteiger partial charge in [-0.05, 0) is 56.6 Å². The number of hydrogen-bond acceptors (Lipinski definition) is 4. The largest absolute Gasteiger partial charge is 0.455 e. The second kappa shape index (κ2) is 10.1. The van der Waals surface area contributed by atoms with Crippen LogP contribution in [0.5, 0.6) is 11.5 Å². The zero-order valence-electron chi connectivity index (χ0n) is 16.7. The second-order valence-electron chi connectivity index (χ2n) is 7.36. The third-order valence-corrected chi connectivity index (χ3v) is 5.16. The van der Waals surface area contributed by atoms with Gasteiger partial charge in [-0.3, -0.25) is 4.79 Å². The van der Waals surface area contributed by atoms with Crippen molar-refractivity contribution < 1.29 is 12.4 Å². The normalized spacial score (nSPS) is 17.5.